The number of carboxylic acids is 1. The quantitative estimate of drug-likeness (QED) is 0.591. The summed E-state index contributed by atoms with van der Waals surface area (Å²) in [5.74, 6) is -0.108. The van der Waals surface area contributed by atoms with Crippen LogP contribution in [0.1, 0.15) is 18.1 Å². The zero-order chi connectivity index (χ0) is 17.4. The Labute approximate surface area is 141 Å². The average molecular weight is 328 g/mol. The van der Waals surface area contributed by atoms with Crippen molar-refractivity contribution in [2.45, 2.75) is 13.5 Å². The average Bonchev–Trinajstić information content (AvgIpc) is 2.60. The monoisotopic (exact) mass is 328 g/mol. The van der Waals surface area contributed by atoms with Crippen LogP contribution in [0.4, 0.5) is 0 Å². The Morgan fingerprint density at radius 3 is 2.50 bits per heavy atom. The van der Waals surface area contributed by atoms with E-state index in [1.54, 1.807) is 32.2 Å². The number of ether oxygens (including phenoxy) is 3. The molecule has 0 saturated heterocycles. The van der Waals surface area contributed by atoms with Crippen molar-refractivity contribution in [1.29, 1.82) is 0 Å². The number of rotatable bonds is 8. The van der Waals surface area contributed by atoms with Crippen molar-refractivity contribution >= 4 is 12.0 Å². The first-order valence-corrected chi connectivity index (χ1v) is 7.56. The van der Waals surface area contributed by atoms with Gasteiger partial charge in [-0.1, -0.05) is 36.4 Å². The predicted octanol–water partition coefficient (Wildman–Crippen LogP) is 3.74. The van der Waals surface area contributed by atoms with Crippen molar-refractivity contribution in [1.82, 2.24) is 0 Å². The van der Waals surface area contributed by atoms with Gasteiger partial charge >= 0.3 is 5.97 Å². The maximum absolute atomic E-state index is 11.2. The van der Waals surface area contributed by atoms with Crippen LogP contribution < -0.4 is 9.47 Å². The molecule has 0 radical (unpaired) electrons. The van der Waals surface area contributed by atoms with Crippen LogP contribution in [0.15, 0.2) is 54.3 Å². The lowest BCUT2D eigenvalue weighted by Gasteiger charge is -2.12. The van der Waals surface area contributed by atoms with Gasteiger partial charge in [-0.05, 0) is 36.3 Å². The molecule has 0 unspecified atom stereocenters. The highest BCUT2D eigenvalue weighted by Gasteiger charge is 2.10. The second kappa shape index (κ2) is 8.62. The number of hydrogen-bond acceptors (Lipinski definition) is 4. The molecule has 0 spiro atoms. The molecule has 0 heterocycles. The first kappa shape index (κ1) is 17.4. The van der Waals surface area contributed by atoms with Crippen LogP contribution in [0.2, 0.25) is 0 Å². The van der Waals surface area contributed by atoms with Crippen LogP contribution in [0.3, 0.4) is 0 Å². The lowest BCUT2D eigenvalue weighted by molar-refractivity contribution is -0.136. The molecule has 0 aromatic heterocycles. The Kier molecular flexibility index (Phi) is 6.25. The molecule has 2 aromatic rings. The molecule has 24 heavy (non-hydrogen) atoms. The van der Waals surface area contributed by atoms with Gasteiger partial charge in [0.2, 0.25) is 5.76 Å². The smallest absolute Gasteiger partial charge is 0.371 e. The summed E-state index contributed by atoms with van der Waals surface area (Å²) < 4.78 is 16.2. The molecule has 126 valence electrons. The van der Waals surface area contributed by atoms with Gasteiger partial charge in [-0.25, -0.2) is 4.79 Å². The number of carbonyl (C=O) groups is 1. The largest absolute Gasteiger partial charge is 0.493 e. The summed E-state index contributed by atoms with van der Waals surface area (Å²) in [6.45, 7) is 2.41. The Morgan fingerprint density at radius 1 is 1.12 bits per heavy atom. The number of hydrogen-bond donors (Lipinski definition) is 1. The summed E-state index contributed by atoms with van der Waals surface area (Å²) in [6.07, 6.45) is 1.46. The van der Waals surface area contributed by atoms with Gasteiger partial charge in [-0.2, -0.15) is 0 Å². The van der Waals surface area contributed by atoms with E-state index in [1.165, 1.54) is 6.08 Å². The molecule has 0 aliphatic heterocycles. The Bertz CT molecular complexity index is 707. The van der Waals surface area contributed by atoms with Gasteiger partial charge in [-0.15, -0.1) is 0 Å². The van der Waals surface area contributed by atoms with E-state index >= 15 is 0 Å². The van der Waals surface area contributed by atoms with Crippen molar-refractivity contribution in [3.05, 3.63) is 65.4 Å². The van der Waals surface area contributed by atoms with Crippen molar-refractivity contribution < 1.29 is 24.1 Å². The Morgan fingerprint density at radius 2 is 1.88 bits per heavy atom. The lowest BCUT2D eigenvalue weighted by Crippen LogP contribution is -2.04. The molecule has 0 atom stereocenters. The van der Waals surface area contributed by atoms with Crippen LogP contribution in [0.25, 0.3) is 6.08 Å². The van der Waals surface area contributed by atoms with E-state index in [4.69, 9.17) is 19.3 Å². The fourth-order valence-corrected chi connectivity index (χ4v) is 2.10. The number of methoxy groups -OCH3 is 1. The predicted molar refractivity (Wildman–Crippen MR) is 91.0 cm³/mol. The first-order chi connectivity index (χ1) is 11.6. The summed E-state index contributed by atoms with van der Waals surface area (Å²) in [4.78, 5) is 11.2. The van der Waals surface area contributed by atoms with Crippen molar-refractivity contribution in [2.24, 2.45) is 0 Å². The third kappa shape index (κ3) is 4.78. The molecule has 5 heteroatoms. The van der Waals surface area contributed by atoms with Gasteiger partial charge in [0.15, 0.2) is 11.5 Å². The zero-order valence-corrected chi connectivity index (χ0v) is 13.7. The number of carboxylic acid groups (broad SMARTS) is 1. The van der Waals surface area contributed by atoms with Gasteiger partial charge in [0.05, 0.1) is 13.7 Å². The standard InChI is InChI=1S/C19H20O5/c1-3-23-18(19(20)21)12-15-9-10-16(22-2)17(11-15)24-13-14-7-5-4-6-8-14/h4-12H,3,13H2,1-2H3,(H,20,21)/b18-12-. The summed E-state index contributed by atoms with van der Waals surface area (Å²) in [5, 5.41) is 9.14. The van der Waals surface area contributed by atoms with Crippen LogP contribution >= 0.6 is 0 Å². The van der Waals surface area contributed by atoms with E-state index in [9.17, 15) is 4.79 Å². The normalized spacial score (nSPS) is 11.0. The maximum atomic E-state index is 11.2. The highest BCUT2D eigenvalue weighted by Crippen LogP contribution is 2.29. The van der Waals surface area contributed by atoms with Crippen LogP contribution in [-0.2, 0) is 16.1 Å². The number of benzene rings is 2. The minimum atomic E-state index is -1.11. The van der Waals surface area contributed by atoms with Gasteiger partial charge in [0.1, 0.15) is 6.61 Å². The van der Waals surface area contributed by atoms with E-state index in [2.05, 4.69) is 0 Å². The van der Waals surface area contributed by atoms with Gasteiger partial charge in [-0.3, -0.25) is 0 Å². The van der Waals surface area contributed by atoms with Crippen molar-refractivity contribution in [2.75, 3.05) is 13.7 Å². The first-order valence-electron chi connectivity index (χ1n) is 7.56. The summed E-state index contributed by atoms with van der Waals surface area (Å²) in [6, 6.07) is 15.0. The van der Waals surface area contributed by atoms with E-state index in [1.807, 2.05) is 30.3 Å². The molecule has 2 rings (SSSR count). The Hall–Kier alpha value is -2.95. The van der Waals surface area contributed by atoms with E-state index in [0.29, 0.717) is 23.7 Å². The molecule has 2 aromatic carbocycles. The SMILES string of the molecule is CCO/C(=C\c1ccc(OC)c(OCc2ccccc2)c1)C(=O)O. The molecule has 0 amide bonds. The molecule has 0 aliphatic rings. The third-order valence-corrected chi connectivity index (χ3v) is 3.23. The lowest BCUT2D eigenvalue weighted by atomic mass is 10.1. The fraction of sp³-hybridized carbons (Fsp3) is 0.211. The summed E-state index contributed by atoms with van der Waals surface area (Å²) in [5.41, 5.74) is 1.69. The zero-order valence-electron chi connectivity index (χ0n) is 13.7. The maximum Gasteiger partial charge on any atom is 0.371 e. The molecule has 0 saturated carbocycles. The van der Waals surface area contributed by atoms with Crippen molar-refractivity contribution in [3.8, 4) is 11.5 Å². The van der Waals surface area contributed by atoms with Crippen molar-refractivity contribution in [3.63, 3.8) is 0 Å². The minimum absolute atomic E-state index is 0.114. The molecular weight excluding hydrogens is 308 g/mol. The highest BCUT2D eigenvalue weighted by molar-refractivity contribution is 5.90. The summed E-state index contributed by atoms with van der Waals surface area (Å²) in [7, 11) is 1.56. The molecule has 1 N–H and O–H groups in total. The minimum Gasteiger partial charge on any atom is -0.493 e. The molecule has 0 fully saturated rings. The van der Waals surface area contributed by atoms with E-state index in [0.717, 1.165) is 5.56 Å². The highest BCUT2D eigenvalue weighted by atomic mass is 16.5. The molecule has 0 aliphatic carbocycles. The van der Waals surface area contributed by atoms with Gasteiger partial charge in [0.25, 0.3) is 0 Å². The van der Waals surface area contributed by atoms with Gasteiger partial charge in [0, 0.05) is 0 Å². The third-order valence-electron chi connectivity index (χ3n) is 3.23. The number of aliphatic carboxylic acids is 1. The molecular formula is C19H20O5. The second-order valence-corrected chi connectivity index (χ2v) is 4.93. The second-order valence-electron chi connectivity index (χ2n) is 4.93. The van der Waals surface area contributed by atoms with Crippen LogP contribution in [0.5, 0.6) is 11.5 Å². The van der Waals surface area contributed by atoms with E-state index in [-0.39, 0.29) is 12.4 Å². The topological polar surface area (TPSA) is 65.0 Å². The van der Waals surface area contributed by atoms with Gasteiger partial charge < -0.3 is 19.3 Å². The van der Waals surface area contributed by atoms with Crippen LogP contribution in [-0.4, -0.2) is 24.8 Å². The van der Waals surface area contributed by atoms with E-state index < -0.39 is 5.97 Å². The van der Waals surface area contributed by atoms with Crippen LogP contribution in [0, 0.1) is 0 Å². The Balaban J connectivity index is 2.23. The summed E-state index contributed by atoms with van der Waals surface area (Å²) >= 11 is 0. The molecule has 0 bridgehead atoms. The fourth-order valence-electron chi connectivity index (χ4n) is 2.10. The molecule has 5 nitrogen and oxygen atoms in total.